The maximum absolute atomic E-state index is 12.3. The van der Waals surface area contributed by atoms with Crippen molar-refractivity contribution in [3.63, 3.8) is 0 Å². The van der Waals surface area contributed by atoms with Crippen LogP contribution in [0.25, 0.3) is 0 Å². The van der Waals surface area contributed by atoms with Crippen LogP contribution in [-0.2, 0) is 4.79 Å². The molecule has 0 saturated heterocycles. The van der Waals surface area contributed by atoms with E-state index in [9.17, 15) is 13.6 Å². The molecule has 3 nitrogen and oxygen atoms in total. The minimum atomic E-state index is -2.86. The van der Waals surface area contributed by atoms with Crippen molar-refractivity contribution < 1.29 is 18.3 Å². The van der Waals surface area contributed by atoms with Crippen LogP contribution in [0.4, 0.5) is 8.78 Å². The summed E-state index contributed by atoms with van der Waals surface area (Å²) in [7, 11) is 0. The number of halogens is 2. The molecule has 0 spiro atoms. The van der Waals surface area contributed by atoms with Crippen molar-refractivity contribution >= 4 is 5.91 Å². The van der Waals surface area contributed by atoms with E-state index in [2.05, 4.69) is 16.0 Å². The molecule has 0 aliphatic heterocycles. The number of amides is 1. The van der Waals surface area contributed by atoms with Crippen LogP contribution in [0.5, 0.6) is 5.75 Å². The molecule has 5 heteroatoms. The van der Waals surface area contributed by atoms with Crippen molar-refractivity contribution in [2.45, 2.75) is 51.7 Å². The molecule has 0 heterocycles. The van der Waals surface area contributed by atoms with Crippen molar-refractivity contribution in [3.8, 4) is 18.1 Å². The molecule has 1 aromatic rings. The maximum Gasteiger partial charge on any atom is 0.387 e. The summed E-state index contributed by atoms with van der Waals surface area (Å²) in [5.74, 6) is 2.08. The molecule has 0 bridgehead atoms. The third-order valence-corrected chi connectivity index (χ3v) is 3.84. The molecule has 120 valence electrons. The fourth-order valence-electron chi connectivity index (χ4n) is 2.10. The lowest BCUT2D eigenvalue weighted by molar-refractivity contribution is -0.123. The van der Waals surface area contributed by atoms with E-state index in [0.29, 0.717) is 18.4 Å². The van der Waals surface area contributed by atoms with E-state index < -0.39 is 18.1 Å². The number of nitrogens with one attached hydrogen (secondary N) is 1. The van der Waals surface area contributed by atoms with Crippen molar-refractivity contribution in [1.82, 2.24) is 5.32 Å². The number of benzene rings is 1. The normalized spacial score (nSPS) is 12.6. The smallest absolute Gasteiger partial charge is 0.387 e. The van der Waals surface area contributed by atoms with Gasteiger partial charge in [-0.15, -0.1) is 6.42 Å². The first-order valence-corrected chi connectivity index (χ1v) is 7.22. The molecular formula is C17H21F2NO2. The highest BCUT2D eigenvalue weighted by atomic mass is 19.3. The Balaban J connectivity index is 2.81. The molecule has 22 heavy (non-hydrogen) atoms. The standard InChI is InChI=1S/C17H21F2NO2/c1-5-17(6-2,7-3)20-15(21)12(4)13-8-10-14(11-9-13)22-16(18)19/h1,8-12,16H,6-7H2,2-4H3,(H,20,21). The predicted octanol–water partition coefficient (Wildman–Crippen LogP) is 3.70. The summed E-state index contributed by atoms with van der Waals surface area (Å²) in [4.78, 5) is 12.3. The van der Waals surface area contributed by atoms with Gasteiger partial charge in [-0.1, -0.05) is 31.9 Å². The molecule has 1 amide bonds. The van der Waals surface area contributed by atoms with Gasteiger partial charge in [-0.05, 0) is 37.5 Å². The first-order valence-electron chi connectivity index (χ1n) is 7.22. The largest absolute Gasteiger partial charge is 0.435 e. The van der Waals surface area contributed by atoms with Gasteiger partial charge in [0.25, 0.3) is 0 Å². The maximum atomic E-state index is 12.3. The van der Waals surface area contributed by atoms with Crippen molar-refractivity contribution in [3.05, 3.63) is 29.8 Å². The third kappa shape index (κ3) is 4.45. The van der Waals surface area contributed by atoms with Crippen molar-refractivity contribution in [2.24, 2.45) is 0 Å². The quantitative estimate of drug-likeness (QED) is 0.780. The number of ether oxygens (including phenoxy) is 1. The second-order valence-corrected chi connectivity index (χ2v) is 5.09. The summed E-state index contributed by atoms with van der Waals surface area (Å²) in [6, 6.07) is 6.02. The topological polar surface area (TPSA) is 38.3 Å². The van der Waals surface area contributed by atoms with Gasteiger partial charge in [-0.2, -0.15) is 8.78 Å². The lowest BCUT2D eigenvalue weighted by Crippen LogP contribution is -2.47. The number of rotatable bonds is 7. The molecule has 1 aromatic carbocycles. The van der Waals surface area contributed by atoms with Crippen LogP contribution in [0.3, 0.4) is 0 Å². The van der Waals surface area contributed by atoms with E-state index in [-0.39, 0.29) is 11.7 Å². The second kappa shape index (κ2) is 7.79. The van der Waals surface area contributed by atoms with Crippen LogP contribution in [0.1, 0.15) is 45.1 Å². The average Bonchev–Trinajstić information content (AvgIpc) is 2.52. The van der Waals surface area contributed by atoms with Gasteiger partial charge in [0.05, 0.1) is 5.92 Å². The van der Waals surface area contributed by atoms with Gasteiger partial charge in [0.15, 0.2) is 0 Å². The van der Waals surface area contributed by atoms with Crippen LogP contribution in [0.2, 0.25) is 0 Å². The number of hydrogen-bond donors (Lipinski definition) is 1. The Bertz CT molecular complexity index is 531. The first-order chi connectivity index (χ1) is 10.4. The summed E-state index contributed by atoms with van der Waals surface area (Å²) in [6.07, 6.45) is 6.81. The Morgan fingerprint density at radius 2 is 1.86 bits per heavy atom. The third-order valence-electron chi connectivity index (χ3n) is 3.84. The van der Waals surface area contributed by atoms with Gasteiger partial charge in [-0.3, -0.25) is 4.79 Å². The van der Waals surface area contributed by atoms with Crippen LogP contribution in [-0.4, -0.2) is 18.1 Å². The van der Waals surface area contributed by atoms with E-state index in [1.165, 1.54) is 12.1 Å². The molecule has 0 radical (unpaired) electrons. The highest BCUT2D eigenvalue weighted by Gasteiger charge is 2.28. The summed E-state index contributed by atoms with van der Waals surface area (Å²) in [5.41, 5.74) is 0.0570. The summed E-state index contributed by atoms with van der Waals surface area (Å²) in [6.45, 7) is 2.72. The molecule has 0 aromatic heterocycles. The summed E-state index contributed by atoms with van der Waals surface area (Å²) < 4.78 is 28.5. The summed E-state index contributed by atoms with van der Waals surface area (Å²) >= 11 is 0. The molecule has 0 fully saturated rings. The predicted molar refractivity (Wildman–Crippen MR) is 81.8 cm³/mol. The Labute approximate surface area is 130 Å². The van der Waals surface area contributed by atoms with Crippen molar-refractivity contribution in [1.29, 1.82) is 0 Å². The molecule has 0 aliphatic rings. The molecular weight excluding hydrogens is 288 g/mol. The lowest BCUT2D eigenvalue weighted by Gasteiger charge is -2.28. The second-order valence-electron chi connectivity index (χ2n) is 5.09. The van der Waals surface area contributed by atoms with Gasteiger partial charge in [0, 0.05) is 0 Å². The van der Waals surface area contributed by atoms with Gasteiger partial charge in [0.1, 0.15) is 11.3 Å². The molecule has 1 atom stereocenters. The van der Waals surface area contributed by atoms with Gasteiger partial charge < -0.3 is 10.1 Å². The highest BCUT2D eigenvalue weighted by molar-refractivity contribution is 5.84. The van der Waals surface area contributed by atoms with Crippen LogP contribution in [0, 0.1) is 12.3 Å². The van der Waals surface area contributed by atoms with Crippen molar-refractivity contribution in [2.75, 3.05) is 0 Å². The Kier molecular flexibility index (Phi) is 6.36. The van der Waals surface area contributed by atoms with E-state index in [4.69, 9.17) is 6.42 Å². The number of hydrogen-bond acceptors (Lipinski definition) is 2. The zero-order valence-corrected chi connectivity index (χ0v) is 13.0. The Morgan fingerprint density at radius 1 is 1.32 bits per heavy atom. The van der Waals surface area contributed by atoms with Crippen LogP contribution in [0.15, 0.2) is 24.3 Å². The number of alkyl halides is 2. The zero-order chi connectivity index (χ0) is 16.8. The molecule has 1 N–H and O–H groups in total. The monoisotopic (exact) mass is 309 g/mol. The van der Waals surface area contributed by atoms with E-state index in [1.54, 1.807) is 19.1 Å². The average molecular weight is 309 g/mol. The zero-order valence-electron chi connectivity index (χ0n) is 13.0. The summed E-state index contributed by atoms with van der Waals surface area (Å²) in [5, 5.41) is 2.90. The first kappa shape index (κ1) is 18.0. The van der Waals surface area contributed by atoms with Crippen LogP contribution >= 0.6 is 0 Å². The number of carbonyl (C=O) groups excluding carboxylic acids is 1. The molecule has 1 rings (SSSR count). The minimum Gasteiger partial charge on any atom is -0.435 e. The van der Waals surface area contributed by atoms with E-state index in [0.717, 1.165) is 0 Å². The molecule has 1 unspecified atom stereocenters. The lowest BCUT2D eigenvalue weighted by atomic mass is 9.91. The fourth-order valence-corrected chi connectivity index (χ4v) is 2.10. The SMILES string of the molecule is C#CC(CC)(CC)NC(=O)C(C)c1ccc(OC(F)F)cc1. The minimum absolute atomic E-state index is 0.0615. The van der Waals surface area contributed by atoms with Crippen LogP contribution < -0.4 is 10.1 Å². The molecule has 0 saturated carbocycles. The number of terminal acetylenes is 1. The van der Waals surface area contributed by atoms with Gasteiger partial charge in [0.2, 0.25) is 5.91 Å². The van der Waals surface area contributed by atoms with Gasteiger partial charge >= 0.3 is 6.61 Å². The number of carbonyl (C=O) groups is 1. The Morgan fingerprint density at radius 3 is 2.27 bits per heavy atom. The van der Waals surface area contributed by atoms with Gasteiger partial charge in [-0.25, -0.2) is 0 Å². The fraction of sp³-hybridized carbons (Fsp3) is 0.471. The molecule has 0 aliphatic carbocycles. The Hall–Kier alpha value is -2.09. The van der Waals surface area contributed by atoms with E-state index in [1.807, 2.05) is 13.8 Å². The highest BCUT2D eigenvalue weighted by Crippen LogP contribution is 2.22. The van der Waals surface area contributed by atoms with E-state index >= 15 is 0 Å².